The first-order valence-corrected chi connectivity index (χ1v) is 7.23. The van der Waals surface area contributed by atoms with Crippen LogP contribution in [-0.4, -0.2) is 16.0 Å². The molecule has 4 heteroatoms. The molecule has 1 saturated carbocycles. The molecule has 0 amide bonds. The van der Waals surface area contributed by atoms with Crippen LogP contribution in [0.25, 0.3) is 11.0 Å². The molecule has 0 bridgehead atoms. The maximum absolute atomic E-state index is 11.2. The minimum absolute atomic E-state index is 0.143. The normalized spacial score (nSPS) is 23.6. The highest BCUT2D eigenvalue weighted by Gasteiger charge is 2.20. The predicted octanol–water partition coefficient (Wildman–Crippen LogP) is 3.24. The average molecular weight is 259 g/mol. The average Bonchev–Trinajstić information content (AvgIpc) is 2.78. The monoisotopic (exact) mass is 259 g/mol. The topological polar surface area (TPSA) is 60.7 Å². The summed E-state index contributed by atoms with van der Waals surface area (Å²) in [6.07, 6.45) is 6.48. The summed E-state index contributed by atoms with van der Waals surface area (Å²) in [5.74, 6) is 0.863. The fourth-order valence-corrected chi connectivity index (χ4v) is 3.15. The lowest BCUT2D eigenvalue weighted by atomic mass is 9.84. The molecular formula is C15H21N3O. The van der Waals surface area contributed by atoms with E-state index in [0.29, 0.717) is 6.04 Å². The summed E-state index contributed by atoms with van der Waals surface area (Å²) >= 11 is 0. The molecule has 3 N–H and O–H groups in total. The fourth-order valence-electron chi connectivity index (χ4n) is 3.15. The van der Waals surface area contributed by atoms with E-state index in [1.165, 1.54) is 32.1 Å². The number of fused-ring (bicyclic) bond motifs is 1. The second-order valence-corrected chi connectivity index (χ2v) is 5.62. The molecule has 102 valence electrons. The molecule has 1 aliphatic carbocycles. The zero-order valence-electron chi connectivity index (χ0n) is 11.3. The maximum atomic E-state index is 11.2. The summed E-state index contributed by atoms with van der Waals surface area (Å²) < 4.78 is 0. The van der Waals surface area contributed by atoms with E-state index in [0.717, 1.165) is 22.6 Å². The van der Waals surface area contributed by atoms with E-state index in [9.17, 15) is 4.79 Å². The Balaban J connectivity index is 1.75. The Morgan fingerprint density at radius 3 is 2.95 bits per heavy atom. The van der Waals surface area contributed by atoms with Crippen molar-refractivity contribution < 1.29 is 0 Å². The van der Waals surface area contributed by atoms with Crippen LogP contribution in [0.1, 0.15) is 39.0 Å². The van der Waals surface area contributed by atoms with E-state index in [-0.39, 0.29) is 5.69 Å². The third-order valence-electron chi connectivity index (χ3n) is 4.25. The van der Waals surface area contributed by atoms with Crippen molar-refractivity contribution in [1.82, 2.24) is 9.97 Å². The number of rotatable bonds is 3. The Morgan fingerprint density at radius 1 is 1.26 bits per heavy atom. The van der Waals surface area contributed by atoms with Crippen LogP contribution in [0.2, 0.25) is 0 Å². The number of nitrogens with one attached hydrogen (secondary N) is 3. The minimum atomic E-state index is -0.143. The van der Waals surface area contributed by atoms with Crippen molar-refractivity contribution in [2.75, 3.05) is 5.32 Å². The molecular weight excluding hydrogens is 238 g/mol. The summed E-state index contributed by atoms with van der Waals surface area (Å²) in [6, 6.07) is 6.59. The molecule has 1 heterocycles. The zero-order chi connectivity index (χ0) is 13.2. The highest BCUT2D eigenvalue weighted by molar-refractivity contribution is 5.78. The van der Waals surface area contributed by atoms with E-state index in [2.05, 4.69) is 22.2 Å². The summed E-state index contributed by atoms with van der Waals surface area (Å²) in [4.78, 5) is 16.8. The van der Waals surface area contributed by atoms with Gasteiger partial charge in [0, 0.05) is 11.7 Å². The van der Waals surface area contributed by atoms with Crippen molar-refractivity contribution in [3.63, 3.8) is 0 Å². The number of H-pyrrole nitrogens is 2. The SMILES string of the molecule is CCC1CCCC(Nc2ccc3[nH]c(=O)[nH]c3c2)C1. The van der Waals surface area contributed by atoms with Crippen molar-refractivity contribution in [3.05, 3.63) is 28.7 Å². The Labute approximate surface area is 112 Å². The van der Waals surface area contributed by atoms with E-state index >= 15 is 0 Å². The fraction of sp³-hybridized carbons (Fsp3) is 0.533. The van der Waals surface area contributed by atoms with Gasteiger partial charge >= 0.3 is 5.69 Å². The van der Waals surface area contributed by atoms with Gasteiger partial charge in [0.25, 0.3) is 0 Å². The van der Waals surface area contributed by atoms with Crippen LogP contribution in [0, 0.1) is 5.92 Å². The number of imidazole rings is 1. The standard InChI is InChI=1S/C15H21N3O/c1-2-10-4-3-5-11(8-10)16-12-6-7-13-14(9-12)18-15(19)17-13/h6-7,9-11,16H,2-5,8H2,1H3,(H2,17,18,19). The van der Waals surface area contributed by atoms with Crippen molar-refractivity contribution in [3.8, 4) is 0 Å². The molecule has 1 aromatic carbocycles. The molecule has 0 saturated heterocycles. The number of hydrogen-bond acceptors (Lipinski definition) is 2. The van der Waals surface area contributed by atoms with Crippen LogP contribution in [-0.2, 0) is 0 Å². The summed E-state index contributed by atoms with van der Waals surface area (Å²) in [6.45, 7) is 2.28. The Kier molecular flexibility index (Phi) is 3.32. The maximum Gasteiger partial charge on any atom is 0.323 e. The molecule has 3 rings (SSSR count). The lowest BCUT2D eigenvalue weighted by Gasteiger charge is -2.29. The third-order valence-corrected chi connectivity index (χ3v) is 4.25. The van der Waals surface area contributed by atoms with Crippen molar-refractivity contribution in [1.29, 1.82) is 0 Å². The van der Waals surface area contributed by atoms with E-state index in [1.54, 1.807) is 0 Å². The molecule has 2 unspecified atom stereocenters. The van der Waals surface area contributed by atoms with E-state index in [4.69, 9.17) is 0 Å². The second-order valence-electron chi connectivity index (χ2n) is 5.62. The molecule has 1 aliphatic rings. The van der Waals surface area contributed by atoms with Crippen LogP contribution in [0.5, 0.6) is 0 Å². The van der Waals surface area contributed by atoms with Gasteiger partial charge in [-0.3, -0.25) is 0 Å². The molecule has 19 heavy (non-hydrogen) atoms. The quantitative estimate of drug-likeness (QED) is 0.792. The molecule has 2 atom stereocenters. The van der Waals surface area contributed by atoms with Gasteiger partial charge in [-0.2, -0.15) is 0 Å². The lowest BCUT2D eigenvalue weighted by Crippen LogP contribution is -2.26. The van der Waals surface area contributed by atoms with Crippen LogP contribution in [0.15, 0.2) is 23.0 Å². The van der Waals surface area contributed by atoms with Crippen LogP contribution >= 0.6 is 0 Å². The molecule has 0 aliphatic heterocycles. The van der Waals surface area contributed by atoms with E-state index in [1.807, 2.05) is 18.2 Å². The zero-order valence-corrected chi connectivity index (χ0v) is 11.3. The molecule has 0 spiro atoms. The van der Waals surface area contributed by atoms with Gasteiger partial charge in [0.2, 0.25) is 0 Å². The number of hydrogen-bond donors (Lipinski definition) is 3. The first-order chi connectivity index (χ1) is 9.24. The first kappa shape index (κ1) is 12.3. The molecule has 4 nitrogen and oxygen atoms in total. The minimum Gasteiger partial charge on any atom is -0.382 e. The smallest absolute Gasteiger partial charge is 0.323 e. The summed E-state index contributed by atoms with van der Waals surface area (Å²) in [5, 5.41) is 3.61. The van der Waals surface area contributed by atoms with Crippen LogP contribution in [0.4, 0.5) is 5.69 Å². The molecule has 0 radical (unpaired) electrons. The van der Waals surface area contributed by atoms with Gasteiger partial charge in [-0.05, 0) is 37.0 Å². The van der Waals surface area contributed by atoms with Gasteiger partial charge < -0.3 is 15.3 Å². The van der Waals surface area contributed by atoms with Crippen LogP contribution < -0.4 is 11.0 Å². The summed E-state index contributed by atoms with van der Waals surface area (Å²) in [5.41, 5.74) is 2.70. The number of aromatic amines is 2. The third kappa shape index (κ3) is 2.67. The molecule has 1 fully saturated rings. The highest BCUT2D eigenvalue weighted by atomic mass is 16.1. The highest BCUT2D eigenvalue weighted by Crippen LogP contribution is 2.29. The van der Waals surface area contributed by atoms with Crippen LogP contribution in [0.3, 0.4) is 0 Å². The summed E-state index contributed by atoms with van der Waals surface area (Å²) in [7, 11) is 0. The number of anilines is 1. The van der Waals surface area contributed by atoms with Crippen molar-refractivity contribution in [2.45, 2.75) is 45.1 Å². The predicted molar refractivity (Wildman–Crippen MR) is 78.6 cm³/mol. The number of benzene rings is 1. The van der Waals surface area contributed by atoms with Crippen molar-refractivity contribution >= 4 is 16.7 Å². The first-order valence-electron chi connectivity index (χ1n) is 7.23. The second kappa shape index (κ2) is 5.11. The van der Waals surface area contributed by atoms with Gasteiger partial charge in [0.05, 0.1) is 11.0 Å². The Hall–Kier alpha value is -1.71. The number of aromatic nitrogens is 2. The van der Waals surface area contributed by atoms with Gasteiger partial charge in [0.1, 0.15) is 0 Å². The molecule has 1 aromatic heterocycles. The Bertz CT molecular complexity index is 613. The Morgan fingerprint density at radius 2 is 2.11 bits per heavy atom. The van der Waals surface area contributed by atoms with Gasteiger partial charge in [0.15, 0.2) is 0 Å². The largest absolute Gasteiger partial charge is 0.382 e. The van der Waals surface area contributed by atoms with Gasteiger partial charge in [-0.15, -0.1) is 0 Å². The van der Waals surface area contributed by atoms with Gasteiger partial charge in [-0.1, -0.05) is 26.2 Å². The lowest BCUT2D eigenvalue weighted by molar-refractivity contribution is 0.327. The van der Waals surface area contributed by atoms with E-state index < -0.39 is 0 Å². The molecule has 2 aromatic rings. The van der Waals surface area contributed by atoms with Gasteiger partial charge in [-0.25, -0.2) is 4.79 Å². The van der Waals surface area contributed by atoms with Crippen molar-refractivity contribution in [2.24, 2.45) is 5.92 Å².